The van der Waals surface area contributed by atoms with Crippen molar-refractivity contribution in [3.63, 3.8) is 0 Å². The van der Waals surface area contributed by atoms with Gasteiger partial charge in [0.2, 0.25) is 0 Å². The summed E-state index contributed by atoms with van der Waals surface area (Å²) < 4.78 is 1.72. The van der Waals surface area contributed by atoms with Crippen molar-refractivity contribution in [2.24, 2.45) is 0 Å². The molecule has 26 heavy (non-hydrogen) atoms. The fraction of sp³-hybridized carbons (Fsp3) is 0.222. The van der Waals surface area contributed by atoms with Gasteiger partial charge in [0.25, 0.3) is 0 Å². The van der Waals surface area contributed by atoms with Gasteiger partial charge in [-0.05, 0) is 32.0 Å². The van der Waals surface area contributed by atoms with Crippen LogP contribution in [0, 0.1) is 0 Å². The van der Waals surface area contributed by atoms with Crippen LogP contribution in [0.4, 0.5) is 0 Å². The predicted octanol–water partition coefficient (Wildman–Crippen LogP) is 2.01. The number of H-pyrrole nitrogens is 1. The van der Waals surface area contributed by atoms with Gasteiger partial charge in [-0.1, -0.05) is 12.1 Å². The minimum absolute atomic E-state index is 0.542. The maximum atomic E-state index is 10.2. The molecule has 0 aliphatic heterocycles. The molecule has 0 amide bonds. The number of nitrogens with zero attached hydrogens (tertiary/aromatic N) is 5. The Morgan fingerprint density at radius 1 is 1.15 bits per heavy atom. The number of hydrogen-bond acceptors (Lipinski definition) is 6. The van der Waals surface area contributed by atoms with Crippen LogP contribution in [0.15, 0.2) is 49.1 Å². The summed E-state index contributed by atoms with van der Waals surface area (Å²) in [4.78, 5) is 8.60. The largest absolute Gasteiger partial charge is 0.387 e. The first-order valence-electron chi connectivity index (χ1n) is 8.14. The van der Waals surface area contributed by atoms with Crippen LogP contribution in [-0.2, 0) is 0 Å². The Morgan fingerprint density at radius 3 is 2.73 bits per heavy atom. The molecule has 3 N–H and O–H groups in total. The van der Waals surface area contributed by atoms with Crippen LogP contribution in [0.25, 0.3) is 28.1 Å². The van der Waals surface area contributed by atoms with Crippen LogP contribution in [0.5, 0.6) is 0 Å². The zero-order chi connectivity index (χ0) is 18.3. The molecule has 0 aliphatic rings. The maximum Gasteiger partial charge on any atom is 0.162 e. The molecular formula is C18H18N6O2. The summed E-state index contributed by atoms with van der Waals surface area (Å²) >= 11 is 0. The zero-order valence-electron chi connectivity index (χ0n) is 14.3. The van der Waals surface area contributed by atoms with Gasteiger partial charge in [0.1, 0.15) is 12.4 Å². The SMILES string of the molecule is CC(C)(O)[C@H](O)c1cnc2c(cnn2-c2cccc(-c3ncn[nH]3)c2)c1. The van der Waals surface area contributed by atoms with E-state index in [0.717, 1.165) is 16.6 Å². The van der Waals surface area contributed by atoms with Crippen molar-refractivity contribution in [2.75, 3.05) is 0 Å². The molecule has 4 aromatic rings. The van der Waals surface area contributed by atoms with E-state index in [0.29, 0.717) is 17.0 Å². The predicted molar refractivity (Wildman–Crippen MR) is 95.5 cm³/mol. The van der Waals surface area contributed by atoms with E-state index in [9.17, 15) is 10.2 Å². The van der Waals surface area contributed by atoms with Crippen molar-refractivity contribution in [3.05, 3.63) is 54.6 Å². The first-order valence-corrected chi connectivity index (χ1v) is 8.14. The van der Waals surface area contributed by atoms with Gasteiger partial charge in [-0.2, -0.15) is 10.2 Å². The van der Waals surface area contributed by atoms with E-state index in [1.807, 2.05) is 24.3 Å². The number of rotatable bonds is 4. The molecule has 1 aromatic carbocycles. The van der Waals surface area contributed by atoms with Gasteiger partial charge in [0, 0.05) is 22.7 Å². The van der Waals surface area contributed by atoms with Gasteiger partial charge < -0.3 is 10.2 Å². The Labute approximate surface area is 149 Å². The molecular weight excluding hydrogens is 332 g/mol. The van der Waals surface area contributed by atoms with Crippen molar-refractivity contribution >= 4 is 11.0 Å². The van der Waals surface area contributed by atoms with Crippen LogP contribution < -0.4 is 0 Å². The maximum absolute atomic E-state index is 10.2. The Bertz CT molecular complexity index is 1050. The summed E-state index contributed by atoms with van der Waals surface area (Å²) in [6.45, 7) is 3.11. The van der Waals surface area contributed by atoms with E-state index in [1.54, 1.807) is 37.0 Å². The zero-order valence-corrected chi connectivity index (χ0v) is 14.3. The summed E-state index contributed by atoms with van der Waals surface area (Å²) in [5.74, 6) is 0.673. The molecule has 0 spiro atoms. The van der Waals surface area contributed by atoms with Crippen LogP contribution in [0.2, 0.25) is 0 Å². The van der Waals surface area contributed by atoms with Crippen molar-refractivity contribution in [1.29, 1.82) is 0 Å². The first-order chi connectivity index (χ1) is 12.4. The van der Waals surface area contributed by atoms with Gasteiger partial charge in [-0.3, -0.25) is 5.10 Å². The van der Waals surface area contributed by atoms with E-state index >= 15 is 0 Å². The fourth-order valence-corrected chi connectivity index (χ4v) is 2.81. The number of benzene rings is 1. The summed E-state index contributed by atoms with van der Waals surface area (Å²) in [5, 5.41) is 32.2. The number of pyridine rings is 1. The number of nitrogens with one attached hydrogen (secondary N) is 1. The van der Waals surface area contributed by atoms with Crippen molar-refractivity contribution in [2.45, 2.75) is 25.6 Å². The Morgan fingerprint density at radius 2 is 2.00 bits per heavy atom. The van der Waals surface area contributed by atoms with Crippen LogP contribution >= 0.6 is 0 Å². The molecule has 3 heterocycles. The lowest BCUT2D eigenvalue weighted by Gasteiger charge is -2.24. The number of aliphatic hydroxyl groups excluding tert-OH is 1. The Hall–Kier alpha value is -3.10. The summed E-state index contributed by atoms with van der Waals surface area (Å²) in [5.41, 5.74) is 1.66. The average molecular weight is 350 g/mol. The molecule has 0 radical (unpaired) electrons. The number of fused-ring (bicyclic) bond motifs is 1. The number of hydrogen-bond donors (Lipinski definition) is 3. The highest BCUT2D eigenvalue weighted by atomic mass is 16.3. The van der Waals surface area contributed by atoms with Crippen molar-refractivity contribution < 1.29 is 10.2 Å². The Balaban J connectivity index is 1.76. The normalized spacial score (nSPS) is 13.2. The third-order valence-electron chi connectivity index (χ3n) is 4.19. The summed E-state index contributed by atoms with van der Waals surface area (Å²) in [6.07, 6.45) is 3.67. The lowest BCUT2D eigenvalue weighted by molar-refractivity contribution is -0.0497. The van der Waals surface area contributed by atoms with E-state index < -0.39 is 11.7 Å². The van der Waals surface area contributed by atoms with Gasteiger partial charge in [-0.25, -0.2) is 14.6 Å². The average Bonchev–Trinajstić information content (AvgIpc) is 3.29. The summed E-state index contributed by atoms with van der Waals surface area (Å²) in [7, 11) is 0. The van der Waals surface area contributed by atoms with Crippen LogP contribution in [0.1, 0.15) is 25.5 Å². The molecule has 0 aliphatic carbocycles. The first kappa shape index (κ1) is 16.4. The molecule has 4 rings (SSSR count). The smallest absolute Gasteiger partial charge is 0.162 e. The molecule has 0 fully saturated rings. The molecule has 1 atom stereocenters. The third kappa shape index (κ3) is 2.85. The molecule has 8 heteroatoms. The topological polar surface area (TPSA) is 113 Å². The highest BCUT2D eigenvalue weighted by Crippen LogP contribution is 2.28. The molecule has 0 saturated carbocycles. The number of aliphatic hydroxyl groups is 2. The Kier molecular flexibility index (Phi) is 3.78. The molecule has 3 aromatic heterocycles. The number of aromatic amines is 1. The van der Waals surface area contributed by atoms with Gasteiger partial charge in [-0.15, -0.1) is 0 Å². The second-order valence-corrected chi connectivity index (χ2v) is 6.68. The molecule has 0 bridgehead atoms. The fourth-order valence-electron chi connectivity index (χ4n) is 2.81. The minimum atomic E-state index is -1.25. The van der Waals surface area contributed by atoms with E-state index in [4.69, 9.17) is 0 Å². The molecule has 8 nitrogen and oxygen atoms in total. The number of aromatic nitrogens is 6. The van der Waals surface area contributed by atoms with Gasteiger partial charge in [0.15, 0.2) is 11.5 Å². The molecule has 132 valence electrons. The highest BCUT2D eigenvalue weighted by Gasteiger charge is 2.26. The standard InChI is InChI=1S/C18H18N6O2/c1-18(2,26)15(25)12-6-13-9-22-24(17(13)19-8-12)14-5-3-4-11(7-14)16-20-10-21-23-16/h3-10,15,25-26H,1-2H3,(H,20,21,23)/t15-/m1/s1. The van der Waals surface area contributed by atoms with Crippen molar-refractivity contribution in [1.82, 2.24) is 29.9 Å². The lowest BCUT2D eigenvalue weighted by atomic mass is 9.96. The quantitative estimate of drug-likeness (QED) is 0.519. The van der Waals surface area contributed by atoms with E-state index in [-0.39, 0.29) is 0 Å². The van der Waals surface area contributed by atoms with E-state index in [1.165, 1.54) is 6.33 Å². The van der Waals surface area contributed by atoms with Gasteiger partial charge in [0.05, 0.1) is 17.5 Å². The van der Waals surface area contributed by atoms with Gasteiger partial charge >= 0.3 is 0 Å². The lowest BCUT2D eigenvalue weighted by Crippen LogP contribution is -2.28. The molecule has 0 saturated heterocycles. The summed E-state index contributed by atoms with van der Waals surface area (Å²) in [6, 6.07) is 9.49. The van der Waals surface area contributed by atoms with E-state index in [2.05, 4.69) is 25.3 Å². The second-order valence-electron chi connectivity index (χ2n) is 6.68. The molecule has 0 unspecified atom stereocenters. The van der Waals surface area contributed by atoms with Crippen LogP contribution in [-0.4, -0.2) is 45.8 Å². The third-order valence-corrected chi connectivity index (χ3v) is 4.19. The van der Waals surface area contributed by atoms with Crippen molar-refractivity contribution in [3.8, 4) is 17.1 Å². The minimum Gasteiger partial charge on any atom is -0.387 e. The van der Waals surface area contributed by atoms with Crippen LogP contribution in [0.3, 0.4) is 0 Å². The second kappa shape index (κ2) is 6.01. The monoisotopic (exact) mass is 350 g/mol. The highest BCUT2D eigenvalue weighted by molar-refractivity contribution is 5.77.